The Morgan fingerprint density at radius 2 is 1.94 bits per heavy atom. The monoisotopic (exact) mass is 342 g/mol. The predicted octanol–water partition coefficient (Wildman–Crippen LogP) is 1.95. The van der Waals surface area contributed by atoms with Crippen LogP contribution in [0.15, 0.2) is 36.7 Å². The molecule has 0 fully saturated rings. The van der Waals surface area contributed by atoms with E-state index in [2.05, 4.69) is 38.0 Å². The van der Waals surface area contributed by atoms with E-state index in [9.17, 15) is 0 Å². The van der Waals surface area contributed by atoms with Crippen LogP contribution in [0.5, 0.6) is 5.75 Å². The summed E-state index contributed by atoms with van der Waals surface area (Å²) in [6, 6.07) is 7.82. The number of nitrogens with zero attached hydrogens (tertiary/aromatic N) is 2. The Bertz CT molecular complexity index is 472. The molecule has 0 saturated heterocycles. The van der Waals surface area contributed by atoms with E-state index in [0.717, 1.165) is 11.4 Å². The normalized spacial score (nSPS) is 10.0. The molecule has 0 aliphatic carbocycles. The first-order chi connectivity index (χ1) is 8.28. The van der Waals surface area contributed by atoms with E-state index < -0.39 is 0 Å². The van der Waals surface area contributed by atoms with Crippen LogP contribution in [0.1, 0.15) is 5.69 Å². The van der Waals surface area contributed by atoms with Gasteiger partial charge in [-0.05, 0) is 46.9 Å². The molecule has 0 saturated carbocycles. The zero-order chi connectivity index (χ0) is 12.1. The molecule has 0 radical (unpaired) electrons. The molecule has 0 spiro atoms. The fourth-order valence-electron chi connectivity index (χ4n) is 1.19. The van der Waals surface area contributed by atoms with E-state index >= 15 is 0 Å². The number of nitrogens with one attached hydrogen (secondary N) is 1. The first kappa shape index (κ1) is 12.1. The second-order valence-corrected chi connectivity index (χ2v) is 4.53. The summed E-state index contributed by atoms with van der Waals surface area (Å²) in [5.74, 6) is 6.54. The van der Waals surface area contributed by atoms with Crippen LogP contribution in [-0.2, 0) is 6.61 Å². The van der Waals surface area contributed by atoms with Crippen molar-refractivity contribution in [2.45, 2.75) is 6.61 Å². The zero-order valence-corrected chi connectivity index (χ0v) is 11.1. The number of ether oxygens (including phenoxy) is 1. The van der Waals surface area contributed by atoms with Gasteiger partial charge < -0.3 is 10.2 Å². The van der Waals surface area contributed by atoms with Crippen LogP contribution in [0.3, 0.4) is 0 Å². The van der Waals surface area contributed by atoms with Crippen LogP contribution < -0.4 is 16.0 Å². The molecule has 1 aromatic carbocycles. The second kappa shape index (κ2) is 5.78. The van der Waals surface area contributed by atoms with E-state index in [0.29, 0.717) is 12.4 Å². The number of nitrogens with two attached hydrogens (primary N) is 1. The molecule has 88 valence electrons. The summed E-state index contributed by atoms with van der Waals surface area (Å²) in [7, 11) is 0. The molecule has 2 aromatic rings. The van der Waals surface area contributed by atoms with Crippen molar-refractivity contribution in [3.8, 4) is 5.75 Å². The van der Waals surface area contributed by atoms with E-state index in [4.69, 9.17) is 10.6 Å². The number of hydrogen-bond donors (Lipinski definition) is 2. The molecule has 0 amide bonds. The van der Waals surface area contributed by atoms with Gasteiger partial charge in [0.25, 0.3) is 0 Å². The van der Waals surface area contributed by atoms with Crippen LogP contribution in [0.4, 0.5) is 5.82 Å². The Labute approximate surface area is 113 Å². The van der Waals surface area contributed by atoms with Gasteiger partial charge in [-0.15, -0.1) is 0 Å². The van der Waals surface area contributed by atoms with Crippen molar-refractivity contribution >= 4 is 28.4 Å². The number of benzene rings is 1. The van der Waals surface area contributed by atoms with Crippen LogP contribution in [0.25, 0.3) is 0 Å². The maximum Gasteiger partial charge on any atom is 0.158 e. The predicted molar refractivity (Wildman–Crippen MR) is 73.3 cm³/mol. The molecule has 1 heterocycles. The lowest BCUT2D eigenvalue weighted by molar-refractivity contribution is 0.301. The van der Waals surface area contributed by atoms with Gasteiger partial charge in [-0.3, -0.25) is 4.98 Å². The highest BCUT2D eigenvalue weighted by Crippen LogP contribution is 2.14. The molecule has 0 aliphatic rings. The van der Waals surface area contributed by atoms with Crippen molar-refractivity contribution in [3.63, 3.8) is 0 Å². The lowest BCUT2D eigenvalue weighted by Crippen LogP contribution is -2.09. The molecule has 6 heteroatoms. The second-order valence-electron chi connectivity index (χ2n) is 3.28. The summed E-state index contributed by atoms with van der Waals surface area (Å²) >= 11 is 2.25. The first-order valence-electron chi connectivity index (χ1n) is 4.94. The summed E-state index contributed by atoms with van der Waals surface area (Å²) in [5.41, 5.74) is 3.17. The minimum Gasteiger partial charge on any atom is -0.487 e. The Hall–Kier alpha value is -1.41. The van der Waals surface area contributed by atoms with E-state index in [1.165, 1.54) is 3.57 Å². The number of aromatic nitrogens is 2. The summed E-state index contributed by atoms with van der Waals surface area (Å²) in [4.78, 5) is 8.19. The van der Waals surface area contributed by atoms with Crippen LogP contribution >= 0.6 is 22.6 Å². The first-order valence-corrected chi connectivity index (χ1v) is 6.02. The third-order valence-corrected chi connectivity index (χ3v) is 2.77. The lowest BCUT2D eigenvalue weighted by Gasteiger charge is -2.05. The SMILES string of the molecule is NNc1cnc(COc2ccc(I)cc2)cn1. The molecule has 0 aliphatic heterocycles. The summed E-state index contributed by atoms with van der Waals surface area (Å²) in [6.07, 6.45) is 3.19. The molecule has 0 atom stereocenters. The maximum atomic E-state index is 5.56. The average Bonchev–Trinajstić information content (AvgIpc) is 2.39. The lowest BCUT2D eigenvalue weighted by atomic mass is 10.3. The highest BCUT2D eigenvalue weighted by Gasteiger charge is 1.98. The average molecular weight is 342 g/mol. The molecular formula is C11H11IN4O. The summed E-state index contributed by atoms with van der Waals surface area (Å²) in [5, 5.41) is 0. The third-order valence-electron chi connectivity index (χ3n) is 2.05. The maximum absolute atomic E-state index is 5.56. The van der Waals surface area contributed by atoms with E-state index in [1.807, 2.05) is 24.3 Å². The highest BCUT2D eigenvalue weighted by molar-refractivity contribution is 14.1. The molecule has 0 bridgehead atoms. The van der Waals surface area contributed by atoms with Crippen molar-refractivity contribution in [1.29, 1.82) is 0 Å². The van der Waals surface area contributed by atoms with Gasteiger partial charge in [-0.2, -0.15) is 0 Å². The molecule has 5 nitrogen and oxygen atoms in total. The minimum atomic E-state index is 0.387. The fraction of sp³-hybridized carbons (Fsp3) is 0.0909. The van der Waals surface area contributed by atoms with Crippen molar-refractivity contribution in [3.05, 3.63) is 45.9 Å². The van der Waals surface area contributed by atoms with Gasteiger partial charge in [0.15, 0.2) is 5.82 Å². The third kappa shape index (κ3) is 3.53. The molecule has 17 heavy (non-hydrogen) atoms. The standard InChI is InChI=1S/C11H11IN4O/c12-8-1-3-10(4-2-8)17-7-9-5-15-11(16-13)6-14-9/h1-6H,7,13H2,(H,15,16). The van der Waals surface area contributed by atoms with E-state index in [1.54, 1.807) is 12.4 Å². The van der Waals surface area contributed by atoms with Crippen LogP contribution in [-0.4, -0.2) is 9.97 Å². The topological polar surface area (TPSA) is 73.1 Å². The van der Waals surface area contributed by atoms with Gasteiger partial charge in [0.2, 0.25) is 0 Å². The van der Waals surface area contributed by atoms with Crippen LogP contribution in [0, 0.1) is 3.57 Å². The highest BCUT2D eigenvalue weighted by atomic mass is 127. The molecular weight excluding hydrogens is 331 g/mol. The van der Waals surface area contributed by atoms with Crippen LogP contribution in [0.2, 0.25) is 0 Å². The van der Waals surface area contributed by atoms with Crippen molar-refractivity contribution in [2.24, 2.45) is 5.84 Å². The summed E-state index contributed by atoms with van der Waals surface area (Å²) in [6.45, 7) is 0.387. The number of hydrazine groups is 1. The van der Waals surface area contributed by atoms with Crippen molar-refractivity contribution < 1.29 is 4.74 Å². The van der Waals surface area contributed by atoms with Gasteiger partial charge in [-0.25, -0.2) is 10.8 Å². The quantitative estimate of drug-likeness (QED) is 0.505. The van der Waals surface area contributed by atoms with Crippen molar-refractivity contribution in [2.75, 3.05) is 5.43 Å². The van der Waals surface area contributed by atoms with E-state index in [-0.39, 0.29) is 0 Å². The zero-order valence-electron chi connectivity index (χ0n) is 8.93. The number of rotatable bonds is 4. The Balaban J connectivity index is 1.95. The number of halogens is 1. The fourth-order valence-corrected chi connectivity index (χ4v) is 1.55. The van der Waals surface area contributed by atoms with Gasteiger partial charge in [0.05, 0.1) is 18.1 Å². The van der Waals surface area contributed by atoms with Gasteiger partial charge in [-0.1, -0.05) is 0 Å². The van der Waals surface area contributed by atoms with Crippen molar-refractivity contribution in [1.82, 2.24) is 9.97 Å². The smallest absolute Gasteiger partial charge is 0.158 e. The molecule has 1 aromatic heterocycles. The molecule has 0 unspecified atom stereocenters. The Kier molecular flexibility index (Phi) is 4.10. The number of anilines is 1. The molecule has 3 N–H and O–H groups in total. The number of nitrogen functional groups attached to an aromatic ring is 1. The Morgan fingerprint density at radius 3 is 2.53 bits per heavy atom. The minimum absolute atomic E-state index is 0.387. The van der Waals surface area contributed by atoms with Gasteiger partial charge in [0, 0.05) is 3.57 Å². The largest absolute Gasteiger partial charge is 0.487 e. The van der Waals surface area contributed by atoms with Gasteiger partial charge >= 0.3 is 0 Å². The van der Waals surface area contributed by atoms with Gasteiger partial charge in [0.1, 0.15) is 12.4 Å². The summed E-state index contributed by atoms with van der Waals surface area (Å²) < 4.78 is 6.74. The Morgan fingerprint density at radius 1 is 1.18 bits per heavy atom. The number of hydrogen-bond acceptors (Lipinski definition) is 5. The molecule has 2 rings (SSSR count).